The number of carbonyl (C=O) groups excluding carboxylic acids is 2. The molecule has 1 aliphatic rings. The molecule has 0 aliphatic carbocycles. The molecule has 1 aliphatic heterocycles. The van der Waals surface area contributed by atoms with Crippen LogP contribution in [0.1, 0.15) is 27.0 Å². The van der Waals surface area contributed by atoms with Gasteiger partial charge in [-0.05, 0) is 71.3 Å². The first-order valence-corrected chi connectivity index (χ1v) is 24.0. The van der Waals surface area contributed by atoms with Crippen LogP contribution < -0.4 is 19.1 Å². The number of anilines is 3. The molecular weight excluding hydrogens is 863 g/mol. The van der Waals surface area contributed by atoms with Crippen LogP contribution in [0.2, 0.25) is 0 Å². The third-order valence-electron chi connectivity index (χ3n) is 8.70. The van der Waals surface area contributed by atoms with Crippen molar-refractivity contribution in [2.24, 2.45) is 5.16 Å². The number of oxime groups is 1. The Morgan fingerprint density at radius 3 is 2.21 bits per heavy atom. The molecule has 0 amide bonds. The number of nitrogens with one attached hydrogen (secondary N) is 3. The number of hydrogen-bond acceptors (Lipinski definition) is 14. The Labute approximate surface area is 360 Å². The van der Waals surface area contributed by atoms with Crippen molar-refractivity contribution in [2.45, 2.75) is 4.90 Å². The molecule has 0 saturated carbocycles. The smallest absolute Gasteiger partial charge is 0.368 e. The number of esters is 1. The van der Waals surface area contributed by atoms with Gasteiger partial charge in [-0.2, -0.15) is 0 Å². The molecule has 5 rings (SSSR count). The summed E-state index contributed by atoms with van der Waals surface area (Å²) in [5, 5.41) is 12.8. The summed E-state index contributed by atoms with van der Waals surface area (Å²) in [6, 6.07) is 25.3. The first-order chi connectivity index (χ1) is 29.4. The Hall–Kier alpha value is -6.16. The molecule has 1 heterocycles. The molecule has 4 N–H and O–H groups in total. The number of carbonyl (C=O) groups is 2. The Kier molecular flexibility index (Phi) is 15.9. The average Bonchev–Trinajstić information content (AvgIpc) is 3.60. The molecule has 0 spiro atoms. The lowest BCUT2D eigenvalue weighted by Crippen LogP contribution is -2.32. The minimum atomic E-state index is -4.18. The number of hydrogen-bond donors (Lipinski definition) is 4. The van der Waals surface area contributed by atoms with Gasteiger partial charge in [-0.15, -0.1) is 0 Å². The number of ether oxygens (including phenoxy) is 2. The predicted octanol–water partition coefficient (Wildman–Crippen LogP) is 3.99. The van der Waals surface area contributed by atoms with Crippen molar-refractivity contribution in [3.8, 4) is 0 Å². The maximum atomic E-state index is 13.4. The first kappa shape index (κ1) is 46.9. The molecule has 0 aromatic heterocycles. The maximum Gasteiger partial charge on any atom is 0.368 e. The number of aliphatic hydroxyl groups excluding tert-OH is 1. The monoisotopic (exact) mass is 907 g/mol. The number of likely N-dealkylation sites (N-methyl/N-ethyl adjacent to an activating group) is 1. The normalized spacial score (nSPS) is 14.1. The Morgan fingerprint density at radius 2 is 1.52 bits per heavy atom. The van der Waals surface area contributed by atoms with Gasteiger partial charge in [0.15, 0.2) is 0 Å². The van der Waals surface area contributed by atoms with Gasteiger partial charge in [-0.1, -0.05) is 71.9 Å². The zero-order valence-corrected chi connectivity index (χ0v) is 36.3. The molecule has 4 aromatic rings. The van der Waals surface area contributed by atoms with Gasteiger partial charge in [0.05, 0.1) is 48.4 Å². The van der Waals surface area contributed by atoms with E-state index in [-0.39, 0.29) is 66.1 Å². The highest BCUT2D eigenvalue weighted by Crippen LogP contribution is 2.31. The molecule has 0 bridgehead atoms. The van der Waals surface area contributed by atoms with Crippen LogP contribution in [0, 0.1) is 0 Å². The largest absolute Gasteiger partial charge is 0.460 e. The molecular formula is C42H45N5O12S3. The third-order valence-corrected chi connectivity index (χ3v) is 11.4. The van der Waals surface area contributed by atoms with E-state index in [9.17, 15) is 34.8 Å². The highest BCUT2D eigenvalue weighted by Gasteiger charge is 2.30. The molecule has 328 valence electrons. The van der Waals surface area contributed by atoms with E-state index < -0.39 is 42.0 Å². The van der Waals surface area contributed by atoms with Crippen LogP contribution in [0.5, 0.6) is 0 Å². The van der Waals surface area contributed by atoms with Crippen LogP contribution in [-0.2, 0) is 49.2 Å². The zero-order valence-electron chi connectivity index (χ0n) is 33.8. The van der Waals surface area contributed by atoms with Crippen LogP contribution in [-0.4, -0.2) is 107 Å². The maximum absolute atomic E-state index is 13.4. The van der Waals surface area contributed by atoms with E-state index >= 15 is 0 Å². The second-order valence-electron chi connectivity index (χ2n) is 13.6. The van der Waals surface area contributed by atoms with Crippen molar-refractivity contribution in [3.63, 3.8) is 0 Å². The zero-order chi connectivity index (χ0) is 44.9. The van der Waals surface area contributed by atoms with E-state index in [1.165, 1.54) is 48.5 Å². The van der Waals surface area contributed by atoms with E-state index in [0.717, 1.165) is 23.8 Å². The summed E-state index contributed by atoms with van der Waals surface area (Å²) in [4.78, 5) is 32.8. The van der Waals surface area contributed by atoms with E-state index in [1.807, 2.05) is 42.3 Å². The van der Waals surface area contributed by atoms with Crippen molar-refractivity contribution in [2.75, 3.05) is 73.4 Å². The number of nitrogens with zero attached hydrogens (tertiary/aromatic N) is 2. The molecule has 0 saturated heterocycles. The fourth-order valence-electron chi connectivity index (χ4n) is 5.83. The van der Waals surface area contributed by atoms with Gasteiger partial charge >= 0.3 is 11.9 Å². The molecule has 0 fully saturated rings. The second-order valence-corrected chi connectivity index (χ2v) is 18.9. The van der Waals surface area contributed by atoms with Gasteiger partial charge < -0.3 is 24.3 Å². The average molecular weight is 908 g/mol. The summed E-state index contributed by atoms with van der Waals surface area (Å²) in [5.41, 5.74) is 3.51. The molecule has 62 heavy (non-hydrogen) atoms. The molecule has 0 atom stereocenters. The van der Waals surface area contributed by atoms with Gasteiger partial charge in [0, 0.05) is 42.8 Å². The topological polar surface area (TPSA) is 236 Å². The highest BCUT2D eigenvalue weighted by atomic mass is 32.2. The Morgan fingerprint density at radius 1 is 0.806 bits per heavy atom. The number of benzene rings is 4. The van der Waals surface area contributed by atoms with Gasteiger partial charge in [-0.25, -0.2) is 39.6 Å². The SMILES string of the molecule is CN(CCNS(C)(=O)=O)c1ccc(C=CC=CC(=C2C(=O)ON=C2c2ccc(NS(=O)(=O)c3cccc(C(=O)OCCOCCO)c3)cc2)c2cccc(NS(C)(=O)=O)c2)cc1. The Balaban J connectivity index is 1.38. The number of aliphatic hydroxyl groups is 1. The van der Waals surface area contributed by atoms with Crippen molar-refractivity contribution >= 4 is 76.4 Å². The summed E-state index contributed by atoms with van der Waals surface area (Å²) in [6.45, 7) is 0.594. The molecule has 4 aromatic carbocycles. The van der Waals surface area contributed by atoms with Gasteiger partial charge in [0.2, 0.25) is 20.0 Å². The van der Waals surface area contributed by atoms with Gasteiger partial charge in [0.1, 0.15) is 12.3 Å². The second kappa shape index (κ2) is 21.1. The lowest BCUT2D eigenvalue weighted by molar-refractivity contribution is -0.136. The molecule has 17 nitrogen and oxygen atoms in total. The van der Waals surface area contributed by atoms with Crippen molar-refractivity contribution in [1.29, 1.82) is 0 Å². The molecule has 0 unspecified atom stereocenters. The summed E-state index contributed by atoms with van der Waals surface area (Å²) >= 11 is 0. The standard InChI is InChI=1S/C42H45N5O12S3/c1-47(23-22-43-60(2,51)52)36-20-14-30(15-21-36)8-4-5-13-38(32-9-6-11-35(28-32)45-61(3,53)54)39-40(44-59-42(39)50)31-16-18-34(19-17-31)46-62(55,56)37-12-7-10-33(29-37)41(49)58-27-26-57-25-24-48/h4-21,28-29,43,45-46,48H,22-27H2,1-3H3. The quantitative estimate of drug-likeness (QED) is 0.0305. The third kappa shape index (κ3) is 13.9. The first-order valence-electron chi connectivity index (χ1n) is 18.7. The molecule has 0 radical (unpaired) electrons. The van der Waals surface area contributed by atoms with Crippen molar-refractivity contribution < 1.29 is 54.3 Å². The minimum absolute atomic E-state index is 0.00358. The lowest BCUT2D eigenvalue weighted by Gasteiger charge is -2.19. The summed E-state index contributed by atoms with van der Waals surface area (Å²) in [6.07, 6.45) is 9.05. The Bertz CT molecular complexity index is 2720. The fourth-order valence-corrected chi connectivity index (χ4v) is 7.95. The van der Waals surface area contributed by atoms with E-state index in [2.05, 4.69) is 19.3 Å². The lowest BCUT2D eigenvalue weighted by atomic mass is 9.93. The van der Waals surface area contributed by atoms with E-state index in [4.69, 9.17) is 19.4 Å². The fraction of sp³-hybridized carbons (Fsp3) is 0.214. The number of allylic oxidation sites excluding steroid dienone is 4. The van der Waals surface area contributed by atoms with Crippen molar-refractivity contribution in [1.82, 2.24) is 4.72 Å². The van der Waals surface area contributed by atoms with Gasteiger partial charge in [0.25, 0.3) is 10.0 Å². The number of sulfonamides is 3. The predicted molar refractivity (Wildman–Crippen MR) is 237 cm³/mol. The van der Waals surface area contributed by atoms with Crippen LogP contribution in [0.25, 0.3) is 11.6 Å². The summed E-state index contributed by atoms with van der Waals surface area (Å²) in [7, 11) is -9.27. The van der Waals surface area contributed by atoms with Crippen LogP contribution in [0.4, 0.5) is 17.1 Å². The van der Waals surface area contributed by atoms with Crippen LogP contribution in [0.15, 0.2) is 131 Å². The van der Waals surface area contributed by atoms with E-state index in [1.54, 1.807) is 42.5 Å². The summed E-state index contributed by atoms with van der Waals surface area (Å²) in [5.74, 6) is -1.53. The number of rotatable bonds is 21. The highest BCUT2D eigenvalue weighted by molar-refractivity contribution is 7.92. The molecule has 20 heteroatoms. The van der Waals surface area contributed by atoms with Gasteiger partial charge in [-0.3, -0.25) is 9.44 Å². The van der Waals surface area contributed by atoms with Crippen LogP contribution >= 0.6 is 0 Å². The van der Waals surface area contributed by atoms with Crippen LogP contribution in [0.3, 0.4) is 0 Å². The minimum Gasteiger partial charge on any atom is -0.460 e. The van der Waals surface area contributed by atoms with Crippen molar-refractivity contribution in [3.05, 3.63) is 143 Å². The summed E-state index contributed by atoms with van der Waals surface area (Å²) < 4.78 is 91.2. The van der Waals surface area contributed by atoms with E-state index in [0.29, 0.717) is 23.2 Å².